The van der Waals surface area contributed by atoms with Crippen LogP contribution in [0.25, 0.3) is 11.4 Å². The summed E-state index contributed by atoms with van der Waals surface area (Å²) in [7, 11) is 1.89. The van der Waals surface area contributed by atoms with Crippen molar-refractivity contribution in [3.05, 3.63) is 53.2 Å². The Labute approximate surface area is 167 Å². The summed E-state index contributed by atoms with van der Waals surface area (Å²) in [5.41, 5.74) is 1.67. The molecule has 0 aromatic carbocycles. The number of hydrogen-bond acceptors (Lipinski definition) is 5. The van der Waals surface area contributed by atoms with Crippen molar-refractivity contribution in [3.8, 4) is 11.4 Å². The summed E-state index contributed by atoms with van der Waals surface area (Å²) in [4.78, 5) is 32.2. The molecule has 2 bridgehead atoms. The number of fused-ring (bicyclic) bond motifs is 4. The van der Waals surface area contributed by atoms with Gasteiger partial charge >= 0.3 is 0 Å². The number of pyridine rings is 1. The van der Waals surface area contributed by atoms with Crippen molar-refractivity contribution in [3.63, 3.8) is 0 Å². The van der Waals surface area contributed by atoms with Crippen LogP contribution in [0.1, 0.15) is 24.5 Å². The number of piperidine rings is 1. The molecule has 3 aromatic rings. The average molecular weight is 393 g/mol. The minimum Gasteiger partial charge on any atom is -0.342 e. The second-order valence-corrected chi connectivity index (χ2v) is 8.00. The van der Waals surface area contributed by atoms with Gasteiger partial charge in [-0.05, 0) is 24.5 Å². The van der Waals surface area contributed by atoms with Crippen LogP contribution in [-0.2, 0) is 24.9 Å². The number of rotatable bonds is 4. The lowest BCUT2D eigenvalue weighted by molar-refractivity contribution is -0.134. The minimum absolute atomic E-state index is 0.0129. The summed E-state index contributed by atoms with van der Waals surface area (Å²) in [5.74, 6) is 1.33. The monoisotopic (exact) mass is 393 g/mol. The zero-order chi connectivity index (χ0) is 20.0. The van der Waals surface area contributed by atoms with Crippen molar-refractivity contribution in [2.45, 2.75) is 31.8 Å². The molecule has 2 atom stereocenters. The predicted octanol–water partition coefficient (Wildman–Crippen LogP) is 0.876. The van der Waals surface area contributed by atoms with Gasteiger partial charge < -0.3 is 18.6 Å². The first kappa shape index (κ1) is 17.8. The number of aryl methyl sites for hydroxylation is 2. The molecule has 0 N–H and O–H groups in total. The van der Waals surface area contributed by atoms with Crippen LogP contribution in [0.15, 0.2) is 42.0 Å². The van der Waals surface area contributed by atoms with Gasteiger partial charge in [-0.15, -0.1) is 10.2 Å². The molecule has 2 aliphatic rings. The average Bonchev–Trinajstić information content (AvgIpc) is 3.38. The molecular formula is C20H23N7O2. The molecule has 29 heavy (non-hydrogen) atoms. The molecule has 5 heterocycles. The fraction of sp³-hybridized carbons (Fsp3) is 0.450. The highest BCUT2D eigenvalue weighted by molar-refractivity contribution is 5.76. The van der Waals surface area contributed by atoms with Crippen LogP contribution in [0.4, 0.5) is 0 Å². The number of imidazole rings is 1. The third kappa shape index (κ3) is 3.16. The smallest absolute Gasteiger partial charge is 0.261 e. The summed E-state index contributed by atoms with van der Waals surface area (Å²) in [6, 6.07) is 3.92. The van der Waals surface area contributed by atoms with Gasteiger partial charge in [-0.3, -0.25) is 9.59 Å². The van der Waals surface area contributed by atoms with E-state index >= 15 is 0 Å². The minimum atomic E-state index is 0.0129. The zero-order valence-corrected chi connectivity index (χ0v) is 16.3. The van der Waals surface area contributed by atoms with Gasteiger partial charge in [0.1, 0.15) is 18.5 Å². The first-order chi connectivity index (χ1) is 14.1. The zero-order valence-electron chi connectivity index (χ0n) is 16.3. The molecule has 0 radical (unpaired) electrons. The molecule has 2 aliphatic heterocycles. The Hall–Kier alpha value is -3.23. The number of hydrogen-bond donors (Lipinski definition) is 0. The van der Waals surface area contributed by atoms with Crippen LogP contribution in [0.5, 0.6) is 0 Å². The van der Waals surface area contributed by atoms with Crippen molar-refractivity contribution in [2.75, 3.05) is 13.1 Å². The van der Waals surface area contributed by atoms with Gasteiger partial charge in [0.2, 0.25) is 5.91 Å². The summed E-state index contributed by atoms with van der Waals surface area (Å²) >= 11 is 0. The highest BCUT2D eigenvalue weighted by atomic mass is 16.2. The largest absolute Gasteiger partial charge is 0.342 e. The Kier molecular flexibility index (Phi) is 4.30. The molecule has 1 amide bonds. The maximum Gasteiger partial charge on any atom is 0.261 e. The first-order valence-electron chi connectivity index (χ1n) is 9.92. The van der Waals surface area contributed by atoms with Crippen LogP contribution in [0.3, 0.4) is 0 Å². The molecule has 1 saturated heterocycles. The molecule has 0 unspecified atom stereocenters. The lowest BCUT2D eigenvalue weighted by atomic mass is 9.83. The van der Waals surface area contributed by atoms with E-state index in [0.29, 0.717) is 49.9 Å². The maximum absolute atomic E-state index is 13.2. The molecule has 0 spiro atoms. The normalized spacial score (nSPS) is 20.5. The molecule has 3 aromatic heterocycles. The molecule has 1 fully saturated rings. The van der Waals surface area contributed by atoms with E-state index in [9.17, 15) is 9.59 Å². The van der Waals surface area contributed by atoms with Gasteiger partial charge in [-0.2, -0.15) is 0 Å². The number of carbonyl (C=O) groups excluding carboxylic acids is 1. The van der Waals surface area contributed by atoms with Crippen molar-refractivity contribution in [1.29, 1.82) is 0 Å². The Morgan fingerprint density at radius 2 is 2.00 bits per heavy atom. The van der Waals surface area contributed by atoms with Crippen molar-refractivity contribution in [2.24, 2.45) is 13.0 Å². The summed E-state index contributed by atoms with van der Waals surface area (Å²) in [5, 5.41) is 7.55. The quantitative estimate of drug-likeness (QED) is 0.656. The molecule has 0 aliphatic carbocycles. The van der Waals surface area contributed by atoms with E-state index in [4.69, 9.17) is 0 Å². The third-order valence-electron chi connectivity index (χ3n) is 6.07. The van der Waals surface area contributed by atoms with Gasteiger partial charge in [0.05, 0.1) is 5.56 Å². The molecule has 150 valence electrons. The number of carbonyl (C=O) groups is 1. The highest BCUT2D eigenvalue weighted by Crippen LogP contribution is 2.35. The molecule has 5 rings (SSSR count). The van der Waals surface area contributed by atoms with Crippen LogP contribution in [0, 0.1) is 5.92 Å². The molecule has 9 nitrogen and oxygen atoms in total. The molecular weight excluding hydrogens is 370 g/mol. The number of amides is 1. The highest BCUT2D eigenvalue weighted by Gasteiger charge is 2.36. The van der Waals surface area contributed by atoms with Gasteiger partial charge in [-0.25, -0.2) is 4.98 Å². The van der Waals surface area contributed by atoms with E-state index in [1.807, 2.05) is 44.0 Å². The Morgan fingerprint density at radius 1 is 1.17 bits per heavy atom. The molecule has 0 saturated carbocycles. The molecule has 9 heteroatoms. The Bertz CT molecular complexity index is 1100. The summed E-state index contributed by atoms with van der Waals surface area (Å²) in [6.45, 7) is 2.60. The number of aromatic nitrogens is 6. The Morgan fingerprint density at radius 3 is 2.76 bits per heavy atom. The van der Waals surface area contributed by atoms with Gasteiger partial charge in [0.25, 0.3) is 5.56 Å². The third-order valence-corrected chi connectivity index (χ3v) is 6.07. The SMILES string of the molecule is Cn1ccnc1-c1ccc2n(c1=O)C[C@H]1C[C@@H]2CN(C(=O)CCn2cnnc2)C1. The van der Waals surface area contributed by atoms with Crippen molar-refractivity contribution >= 4 is 5.91 Å². The van der Waals surface area contributed by atoms with Gasteiger partial charge in [0, 0.05) is 63.7 Å². The standard InChI is InChI=1S/C20H23N7O2/c1-24-7-5-21-19(24)16-2-3-17-15-8-14(10-27(17)20(16)29)9-26(11-15)18(28)4-6-25-12-22-23-13-25/h2-3,5,7,12-15H,4,6,8-11H2,1H3/t14-,15+/m0/s1. The van der Waals surface area contributed by atoms with Crippen LogP contribution >= 0.6 is 0 Å². The lowest BCUT2D eigenvalue weighted by Crippen LogP contribution is -2.49. The second kappa shape index (κ2) is 6.98. The summed E-state index contributed by atoms with van der Waals surface area (Å²) < 4.78 is 5.59. The fourth-order valence-corrected chi connectivity index (χ4v) is 4.67. The topological polar surface area (TPSA) is 90.8 Å². The number of nitrogens with zero attached hydrogens (tertiary/aromatic N) is 7. The van der Waals surface area contributed by atoms with Gasteiger partial charge in [0.15, 0.2) is 0 Å². The van der Waals surface area contributed by atoms with Crippen LogP contribution in [-0.4, -0.2) is 52.8 Å². The second-order valence-electron chi connectivity index (χ2n) is 8.00. The predicted molar refractivity (Wildman–Crippen MR) is 105 cm³/mol. The van der Waals surface area contributed by atoms with Crippen molar-refractivity contribution < 1.29 is 4.79 Å². The van der Waals surface area contributed by atoms with E-state index < -0.39 is 0 Å². The summed E-state index contributed by atoms with van der Waals surface area (Å²) in [6.07, 6.45) is 8.26. The van der Waals surface area contributed by atoms with Crippen molar-refractivity contribution in [1.82, 2.24) is 33.8 Å². The van der Waals surface area contributed by atoms with E-state index in [1.54, 1.807) is 18.9 Å². The van der Waals surface area contributed by atoms with E-state index in [-0.39, 0.29) is 17.4 Å². The number of likely N-dealkylation sites (tertiary alicyclic amines) is 1. The Balaban J connectivity index is 1.37. The van der Waals surface area contributed by atoms with Crippen LogP contribution in [0.2, 0.25) is 0 Å². The fourth-order valence-electron chi connectivity index (χ4n) is 4.67. The van der Waals surface area contributed by atoms with E-state index in [0.717, 1.165) is 12.1 Å². The van der Waals surface area contributed by atoms with Gasteiger partial charge in [-0.1, -0.05) is 0 Å². The van der Waals surface area contributed by atoms with E-state index in [2.05, 4.69) is 15.2 Å². The lowest BCUT2D eigenvalue weighted by Gasteiger charge is -2.43. The van der Waals surface area contributed by atoms with E-state index in [1.165, 1.54) is 0 Å². The van der Waals surface area contributed by atoms with Crippen LogP contribution < -0.4 is 5.56 Å². The maximum atomic E-state index is 13.2. The first-order valence-corrected chi connectivity index (χ1v) is 9.92.